The van der Waals surface area contributed by atoms with Gasteiger partial charge in [-0.2, -0.15) is 0 Å². The molecule has 0 bridgehead atoms. The van der Waals surface area contributed by atoms with E-state index in [9.17, 15) is 0 Å². The van der Waals surface area contributed by atoms with Crippen LogP contribution in [0.3, 0.4) is 0 Å². The van der Waals surface area contributed by atoms with Crippen molar-refractivity contribution in [2.24, 2.45) is 0 Å². The lowest BCUT2D eigenvalue weighted by Gasteiger charge is -1.99. The third-order valence-corrected chi connectivity index (χ3v) is 1.79. The second-order valence-corrected chi connectivity index (χ2v) is 3.22. The molecule has 0 aromatic heterocycles. The van der Waals surface area contributed by atoms with E-state index in [4.69, 9.17) is 15.0 Å². The Hall–Kier alpha value is -0.770. The molecule has 0 atom stereocenters. The molecule has 0 aromatic rings. The Bertz CT molecular complexity index is 131. The van der Waals surface area contributed by atoms with Crippen molar-refractivity contribution >= 4 is 6.16 Å². The minimum absolute atomic E-state index is 0.904. The summed E-state index contributed by atoms with van der Waals surface area (Å²) in [6.07, 6.45) is 5.11. The molecule has 0 spiro atoms. The molecule has 1 fully saturated rings. The van der Waals surface area contributed by atoms with Gasteiger partial charge in [0.2, 0.25) is 0 Å². The molecule has 0 amide bonds. The first-order valence-electron chi connectivity index (χ1n) is 4.82. The average Bonchev–Trinajstić information content (AvgIpc) is 2.80. The van der Waals surface area contributed by atoms with Crippen molar-refractivity contribution in [1.82, 2.24) is 5.32 Å². The van der Waals surface area contributed by atoms with Gasteiger partial charge in [-0.05, 0) is 25.8 Å². The fourth-order valence-electron chi connectivity index (χ4n) is 0.969. The lowest BCUT2D eigenvalue weighted by Crippen LogP contribution is -2.17. The van der Waals surface area contributed by atoms with Crippen LogP contribution in [0, 0.1) is 0 Å². The molecular weight excluding hydrogens is 170 g/mol. The van der Waals surface area contributed by atoms with Crippen LogP contribution in [0.15, 0.2) is 0 Å². The summed E-state index contributed by atoms with van der Waals surface area (Å²) >= 11 is 0. The first-order chi connectivity index (χ1) is 6.16. The van der Waals surface area contributed by atoms with Crippen LogP contribution in [-0.4, -0.2) is 29.0 Å². The average molecular weight is 189 g/mol. The molecule has 0 unspecified atom stereocenters. The molecule has 78 valence electrons. The van der Waals surface area contributed by atoms with Gasteiger partial charge in [-0.1, -0.05) is 19.8 Å². The molecule has 1 rings (SSSR count). The number of carboxylic acid groups (broad SMARTS) is 2. The van der Waals surface area contributed by atoms with Crippen LogP contribution in [0.2, 0.25) is 0 Å². The predicted octanol–water partition coefficient (Wildman–Crippen LogP) is 2.15. The Balaban J connectivity index is 0.000000310. The number of hydrogen-bond acceptors (Lipinski definition) is 2. The summed E-state index contributed by atoms with van der Waals surface area (Å²) in [5.74, 6) is 0. The van der Waals surface area contributed by atoms with E-state index in [0.717, 1.165) is 6.04 Å². The largest absolute Gasteiger partial charge is 0.503 e. The van der Waals surface area contributed by atoms with E-state index >= 15 is 0 Å². The Kier molecular flexibility index (Phi) is 7.39. The van der Waals surface area contributed by atoms with Crippen LogP contribution in [0.1, 0.15) is 39.0 Å². The van der Waals surface area contributed by atoms with Crippen LogP contribution < -0.4 is 5.32 Å². The minimum atomic E-state index is -1.83. The van der Waals surface area contributed by atoms with Gasteiger partial charge in [0.1, 0.15) is 0 Å². The van der Waals surface area contributed by atoms with Gasteiger partial charge >= 0.3 is 6.16 Å². The Labute approximate surface area is 79.0 Å². The van der Waals surface area contributed by atoms with Gasteiger partial charge in [-0.25, -0.2) is 4.79 Å². The van der Waals surface area contributed by atoms with Gasteiger partial charge in [-0.3, -0.25) is 0 Å². The second kappa shape index (κ2) is 7.86. The normalized spacial score (nSPS) is 14.5. The Morgan fingerprint density at radius 1 is 1.38 bits per heavy atom. The highest BCUT2D eigenvalue weighted by atomic mass is 16.6. The van der Waals surface area contributed by atoms with E-state index in [0.29, 0.717) is 0 Å². The van der Waals surface area contributed by atoms with Crippen LogP contribution in [-0.2, 0) is 0 Å². The first-order valence-corrected chi connectivity index (χ1v) is 4.82. The van der Waals surface area contributed by atoms with E-state index < -0.39 is 6.16 Å². The van der Waals surface area contributed by atoms with E-state index in [1.165, 1.54) is 38.6 Å². The van der Waals surface area contributed by atoms with Crippen molar-refractivity contribution in [1.29, 1.82) is 0 Å². The van der Waals surface area contributed by atoms with Crippen molar-refractivity contribution in [2.75, 3.05) is 6.54 Å². The molecule has 1 saturated carbocycles. The minimum Gasteiger partial charge on any atom is -0.450 e. The van der Waals surface area contributed by atoms with Crippen LogP contribution in [0.5, 0.6) is 0 Å². The van der Waals surface area contributed by atoms with Crippen molar-refractivity contribution in [3.63, 3.8) is 0 Å². The maximum Gasteiger partial charge on any atom is 0.503 e. The topological polar surface area (TPSA) is 69.6 Å². The predicted molar refractivity (Wildman–Crippen MR) is 51.2 cm³/mol. The zero-order valence-corrected chi connectivity index (χ0v) is 8.12. The highest BCUT2D eigenvalue weighted by molar-refractivity contribution is 5.53. The third kappa shape index (κ3) is 14.1. The van der Waals surface area contributed by atoms with Gasteiger partial charge in [0.25, 0.3) is 0 Å². The summed E-state index contributed by atoms with van der Waals surface area (Å²) in [6.45, 7) is 3.50. The number of unbranched alkanes of at least 4 members (excludes halogenated alkanes) is 2. The molecule has 0 saturated heterocycles. The molecule has 0 aromatic carbocycles. The summed E-state index contributed by atoms with van der Waals surface area (Å²) in [6, 6.07) is 0.904. The molecule has 3 N–H and O–H groups in total. The highest BCUT2D eigenvalue weighted by Gasteiger charge is 2.19. The zero-order valence-electron chi connectivity index (χ0n) is 8.12. The summed E-state index contributed by atoms with van der Waals surface area (Å²) in [5.41, 5.74) is 0. The molecule has 0 heterocycles. The number of carbonyl (C=O) groups is 1. The lowest BCUT2D eigenvalue weighted by atomic mass is 10.2. The van der Waals surface area contributed by atoms with Crippen molar-refractivity contribution in [2.45, 2.75) is 45.1 Å². The fourth-order valence-corrected chi connectivity index (χ4v) is 0.969. The molecule has 1 aliphatic carbocycles. The van der Waals surface area contributed by atoms with Crippen LogP contribution in [0.4, 0.5) is 4.79 Å². The maximum atomic E-state index is 8.56. The second-order valence-electron chi connectivity index (χ2n) is 3.22. The first kappa shape index (κ1) is 12.2. The maximum absolute atomic E-state index is 8.56. The van der Waals surface area contributed by atoms with Gasteiger partial charge in [0.15, 0.2) is 0 Å². The van der Waals surface area contributed by atoms with Gasteiger partial charge < -0.3 is 15.5 Å². The number of rotatable bonds is 5. The van der Waals surface area contributed by atoms with Crippen molar-refractivity contribution in [3.8, 4) is 0 Å². The molecule has 1 aliphatic rings. The smallest absolute Gasteiger partial charge is 0.450 e. The SMILES string of the molecule is CCCCCNC1CC1.O=C(O)O. The van der Waals surface area contributed by atoms with Crippen molar-refractivity contribution in [3.05, 3.63) is 0 Å². The third-order valence-electron chi connectivity index (χ3n) is 1.79. The summed E-state index contributed by atoms with van der Waals surface area (Å²) in [4.78, 5) is 8.56. The van der Waals surface area contributed by atoms with E-state index in [-0.39, 0.29) is 0 Å². The summed E-state index contributed by atoms with van der Waals surface area (Å²) < 4.78 is 0. The summed E-state index contributed by atoms with van der Waals surface area (Å²) in [5, 5.41) is 17.4. The van der Waals surface area contributed by atoms with Gasteiger partial charge in [0.05, 0.1) is 0 Å². The Morgan fingerprint density at radius 3 is 2.31 bits per heavy atom. The number of hydrogen-bond donors (Lipinski definition) is 3. The molecule has 0 aliphatic heterocycles. The van der Waals surface area contributed by atoms with Crippen molar-refractivity contribution < 1.29 is 15.0 Å². The standard InChI is InChI=1S/C8H17N.CH2O3/c1-2-3-4-7-9-8-5-6-8;2-1(3)4/h8-9H,2-7H2,1H3;(H2,2,3,4). The molecule has 0 radical (unpaired) electrons. The van der Waals surface area contributed by atoms with Gasteiger partial charge in [-0.15, -0.1) is 0 Å². The van der Waals surface area contributed by atoms with E-state index in [1.54, 1.807) is 0 Å². The quantitative estimate of drug-likeness (QED) is 0.579. The molecule has 13 heavy (non-hydrogen) atoms. The summed E-state index contributed by atoms with van der Waals surface area (Å²) in [7, 11) is 0. The number of nitrogens with one attached hydrogen (secondary N) is 1. The Morgan fingerprint density at radius 2 is 1.92 bits per heavy atom. The molecular formula is C9H19NO3. The monoisotopic (exact) mass is 189 g/mol. The zero-order chi connectivity index (χ0) is 10.1. The van der Waals surface area contributed by atoms with Crippen LogP contribution >= 0.6 is 0 Å². The van der Waals surface area contributed by atoms with E-state index in [2.05, 4.69) is 12.2 Å². The van der Waals surface area contributed by atoms with Gasteiger partial charge in [0, 0.05) is 6.04 Å². The van der Waals surface area contributed by atoms with E-state index in [1.807, 2.05) is 0 Å². The fraction of sp³-hybridized carbons (Fsp3) is 0.889. The highest BCUT2D eigenvalue weighted by Crippen LogP contribution is 2.18. The van der Waals surface area contributed by atoms with Crippen LogP contribution in [0.25, 0.3) is 0 Å². The molecule has 4 heteroatoms. The molecule has 4 nitrogen and oxygen atoms in total. The lowest BCUT2D eigenvalue weighted by molar-refractivity contribution is 0.137.